The van der Waals surface area contributed by atoms with E-state index in [-0.39, 0.29) is 17.9 Å². The molecule has 1 rings (SSSR count). The zero-order chi connectivity index (χ0) is 6.85. The van der Waals surface area contributed by atoms with E-state index in [2.05, 4.69) is 0 Å². The van der Waals surface area contributed by atoms with Crippen molar-refractivity contribution in [2.75, 3.05) is 0 Å². The average molecular weight is 128 g/mol. The Morgan fingerprint density at radius 2 is 2.22 bits per heavy atom. The molecular weight excluding hydrogens is 116 g/mol. The molecule has 0 amide bonds. The fraction of sp³-hybridized carbons (Fsp3) is 0.833. The Hall–Kier alpha value is -0.570. The van der Waals surface area contributed by atoms with Gasteiger partial charge in [0.05, 0.1) is 11.9 Å². The lowest BCUT2D eigenvalue weighted by molar-refractivity contribution is 0.181. The standard InChI is InChI=1S/C6H12N2O/c7-6(8)4-1-2-5(9)3-4/h4-5,9H,1-3H2,(H3,7,8). The topological polar surface area (TPSA) is 70.1 Å². The zero-order valence-electron chi connectivity index (χ0n) is 5.30. The van der Waals surface area contributed by atoms with Crippen molar-refractivity contribution < 1.29 is 5.11 Å². The minimum Gasteiger partial charge on any atom is -0.393 e. The number of nitrogens with two attached hydrogens (primary N) is 1. The Morgan fingerprint density at radius 1 is 1.56 bits per heavy atom. The Labute approximate surface area is 54.4 Å². The van der Waals surface area contributed by atoms with Crippen molar-refractivity contribution in [1.82, 2.24) is 0 Å². The van der Waals surface area contributed by atoms with E-state index in [4.69, 9.17) is 16.2 Å². The van der Waals surface area contributed by atoms with Crippen LogP contribution in [0.5, 0.6) is 0 Å². The molecule has 0 saturated heterocycles. The van der Waals surface area contributed by atoms with Gasteiger partial charge in [-0.25, -0.2) is 0 Å². The summed E-state index contributed by atoms with van der Waals surface area (Å²) in [5.74, 6) is 0.381. The molecule has 0 bridgehead atoms. The van der Waals surface area contributed by atoms with Crippen molar-refractivity contribution in [3.05, 3.63) is 0 Å². The van der Waals surface area contributed by atoms with Crippen LogP contribution in [0.2, 0.25) is 0 Å². The van der Waals surface area contributed by atoms with E-state index in [1.165, 1.54) is 0 Å². The first-order valence-corrected chi connectivity index (χ1v) is 3.22. The predicted octanol–water partition coefficient (Wildman–Crippen LogP) is 0.0834. The van der Waals surface area contributed by atoms with Gasteiger partial charge in [0.1, 0.15) is 0 Å². The highest BCUT2D eigenvalue weighted by Gasteiger charge is 2.24. The van der Waals surface area contributed by atoms with Crippen LogP contribution in [0.4, 0.5) is 0 Å². The van der Waals surface area contributed by atoms with Crippen LogP contribution in [-0.2, 0) is 0 Å². The van der Waals surface area contributed by atoms with Gasteiger partial charge in [0.25, 0.3) is 0 Å². The molecule has 52 valence electrons. The lowest BCUT2D eigenvalue weighted by Gasteiger charge is -2.03. The minimum atomic E-state index is -0.209. The summed E-state index contributed by atoms with van der Waals surface area (Å²) in [6.07, 6.45) is 2.18. The highest BCUT2D eigenvalue weighted by Crippen LogP contribution is 2.24. The van der Waals surface area contributed by atoms with Crippen LogP contribution in [0, 0.1) is 11.3 Å². The number of rotatable bonds is 1. The molecule has 1 aliphatic rings. The Bertz CT molecular complexity index is 124. The Balaban J connectivity index is 2.39. The lowest BCUT2D eigenvalue weighted by atomic mass is 10.1. The van der Waals surface area contributed by atoms with Gasteiger partial charge >= 0.3 is 0 Å². The van der Waals surface area contributed by atoms with Gasteiger partial charge in [-0.2, -0.15) is 0 Å². The summed E-state index contributed by atoms with van der Waals surface area (Å²) in [4.78, 5) is 0. The summed E-state index contributed by atoms with van der Waals surface area (Å²) in [6, 6.07) is 0. The average Bonchev–Trinajstić information content (AvgIpc) is 2.14. The normalized spacial score (nSPS) is 34.8. The maximum absolute atomic E-state index is 9.00. The molecule has 1 aliphatic carbocycles. The van der Waals surface area contributed by atoms with Crippen molar-refractivity contribution in [2.45, 2.75) is 25.4 Å². The van der Waals surface area contributed by atoms with E-state index in [1.807, 2.05) is 0 Å². The molecule has 0 radical (unpaired) electrons. The largest absolute Gasteiger partial charge is 0.393 e. The van der Waals surface area contributed by atoms with Gasteiger partial charge in [-0.1, -0.05) is 0 Å². The number of amidine groups is 1. The van der Waals surface area contributed by atoms with Crippen molar-refractivity contribution >= 4 is 5.84 Å². The number of hydrogen-bond acceptors (Lipinski definition) is 2. The van der Waals surface area contributed by atoms with Crippen LogP contribution in [0.15, 0.2) is 0 Å². The van der Waals surface area contributed by atoms with Crippen LogP contribution in [0.1, 0.15) is 19.3 Å². The Morgan fingerprint density at radius 3 is 2.44 bits per heavy atom. The first-order valence-electron chi connectivity index (χ1n) is 3.22. The van der Waals surface area contributed by atoms with Crippen LogP contribution in [-0.4, -0.2) is 17.0 Å². The molecule has 1 saturated carbocycles. The zero-order valence-corrected chi connectivity index (χ0v) is 5.30. The molecule has 0 spiro atoms. The molecule has 4 N–H and O–H groups in total. The molecule has 2 unspecified atom stereocenters. The minimum absolute atomic E-state index is 0.153. The number of aliphatic hydroxyl groups is 1. The second kappa shape index (κ2) is 2.35. The maximum Gasteiger partial charge on any atom is 0.0937 e. The summed E-state index contributed by atoms with van der Waals surface area (Å²) in [5.41, 5.74) is 5.23. The second-order valence-electron chi connectivity index (χ2n) is 2.62. The van der Waals surface area contributed by atoms with Crippen molar-refractivity contribution in [3.8, 4) is 0 Å². The van der Waals surface area contributed by atoms with E-state index < -0.39 is 0 Å². The SMILES string of the molecule is N=C(N)C1CCC(O)C1. The molecule has 3 nitrogen and oxygen atoms in total. The predicted molar refractivity (Wildman–Crippen MR) is 35.3 cm³/mol. The van der Waals surface area contributed by atoms with Gasteiger partial charge in [0, 0.05) is 5.92 Å². The summed E-state index contributed by atoms with van der Waals surface area (Å²) < 4.78 is 0. The van der Waals surface area contributed by atoms with Gasteiger partial charge in [-0.05, 0) is 19.3 Å². The molecule has 2 atom stereocenters. The molecular formula is C6H12N2O. The molecule has 1 fully saturated rings. The Kier molecular flexibility index (Phi) is 1.71. The lowest BCUT2D eigenvalue weighted by Crippen LogP contribution is -2.20. The number of hydrogen-bond donors (Lipinski definition) is 3. The molecule has 0 heterocycles. The number of nitrogens with one attached hydrogen (secondary N) is 1. The highest BCUT2D eigenvalue weighted by molar-refractivity contribution is 5.79. The first-order chi connectivity index (χ1) is 4.20. The fourth-order valence-corrected chi connectivity index (χ4v) is 1.24. The molecule has 0 aromatic heterocycles. The smallest absolute Gasteiger partial charge is 0.0937 e. The van der Waals surface area contributed by atoms with Crippen LogP contribution in [0.3, 0.4) is 0 Å². The van der Waals surface area contributed by atoms with Crippen LogP contribution >= 0.6 is 0 Å². The van der Waals surface area contributed by atoms with Gasteiger partial charge < -0.3 is 10.8 Å². The molecule has 0 aromatic rings. The maximum atomic E-state index is 9.00. The summed E-state index contributed by atoms with van der Waals surface area (Å²) in [7, 11) is 0. The van der Waals surface area contributed by atoms with Gasteiger partial charge in [0.2, 0.25) is 0 Å². The second-order valence-corrected chi connectivity index (χ2v) is 2.62. The summed E-state index contributed by atoms with van der Waals surface area (Å²) >= 11 is 0. The van der Waals surface area contributed by atoms with Crippen molar-refractivity contribution in [1.29, 1.82) is 5.41 Å². The third kappa shape index (κ3) is 1.42. The van der Waals surface area contributed by atoms with Gasteiger partial charge in [-0.3, -0.25) is 5.41 Å². The molecule has 9 heavy (non-hydrogen) atoms. The van der Waals surface area contributed by atoms with E-state index in [1.54, 1.807) is 0 Å². The third-order valence-electron chi connectivity index (χ3n) is 1.84. The van der Waals surface area contributed by atoms with Gasteiger partial charge in [0.15, 0.2) is 0 Å². The highest BCUT2D eigenvalue weighted by atomic mass is 16.3. The van der Waals surface area contributed by atoms with E-state index in [0.29, 0.717) is 6.42 Å². The van der Waals surface area contributed by atoms with Gasteiger partial charge in [-0.15, -0.1) is 0 Å². The quantitative estimate of drug-likeness (QED) is 0.346. The van der Waals surface area contributed by atoms with Crippen molar-refractivity contribution in [3.63, 3.8) is 0 Å². The number of aliphatic hydroxyl groups excluding tert-OH is 1. The van der Waals surface area contributed by atoms with Crippen LogP contribution < -0.4 is 5.73 Å². The monoisotopic (exact) mass is 128 g/mol. The van der Waals surface area contributed by atoms with E-state index in [9.17, 15) is 0 Å². The third-order valence-corrected chi connectivity index (χ3v) is 1.84. The van der Waals surface area contributed by atoms with Crippen molar-refractivity contribution in [2.24, 2.45) is 11.7 Å². The van der Waals surface area contributed by atoms with Crippen LogP contribution in [0.25, 0.3) is 0 Å². The molecule has 3 heteroatoms. The summed E-state index contributed by atoms with van der Waals surface area (Å²) in [5, 5.41) is 16.0. The van der Waals surface area contributed by atoms with E-state index >= 15 is 0 Å². The molecule has 0 aromatic carbocycles. The summed E-state index contributed by atoms with van der Waals surface area (Å²) in [6.45, 7) is 0. The fourth-order valence-electron chi connectivity index (χ4n) is 1.24. The molecule has 0 aliphatic heterocycles. The first kappa shape index (κ1) is 6.55. The van der Waals surface area contributed by atoms with E-state index in [0.717, 1.165) is 12.8 Å².